The van der Waals surface area contributed by atoms with Crippen LogP contribution >= 0.6 is 11.8 Å². The second kappa shape index (κ2) is 5.15. The molecule has 0 N–H and O–H groups in total. The van der Waals surface area contributed by atoms with Crippen molar-refractivity contribution in [3.8, 4) is 0 Å². The molecule has 22 heavy (non-hydrogen) atoms. The number of nitrogens with zero attached hydrogens (tertiary/aromatic N) is 1. The number of amides is 2. The quantitative estimate of drug-likeness (QED) is 0.633. The molecular weight excluding hydrogens is 293 g/mol. The Morgan fingerprint density at radius 3 is 2.36 bits per heavy atom. The van der Waals surface area contributed by atoms with E-state index in [1.165, 1.54) is 16.9 Å². The van der Waals surface area contributed by atoms with Crippen molar-refractivity contribution >= 4 is 37.1 Å². The number of rotatable bonds is 4. The molecular formula is C17H22BNO2S. The average Bonchev–Trinajstić information content (AvgIpc) is 2.85. The molecule has 2 aliphatic rings. The number of carbonyl (C=O) groups excluding carboxylic acids is 2. The van der Waals surface area contributed by atoms with Crippen molar-refractivity contribution in [2.24, 2.45) is 0 Å². The van der Waals surface area contributed by atoms with Crippen LogP contribution in [-0.4, -0.2) is 30.7 Å². The Labute approximate surface area is 137 Å². The topological polar surface area (TPSA) is 37.4 Å². The lowest BCUT2D eigenvalue weighted by atomic mass is 9.75. The van der Waals surface area contributed by atoms with E-state index in [1.54, 1.807) is 11.8 Å². The summed E-state index contributed by atoms with van der Waals surface area (Å²) in [4.78, 5) is 25.9. The molecule has 3 unspecified atom stereocenters. The van der Waals surface area contributed by atoms with Crippen molar-refractivity contribution in [1.29, 1.82) is 0 Å². The van der Waals surface area contributed by atoms with Gasteiger partial charge in [-0.1, -0.05) is 38.2 Å². The molecule has 2 amide bonds. The fourth-order valence-electron chi connectivity index (χ4n) is 3.52. The van der Waals surface area contributed by atoms with Crippen LogP contribution in [0.3, 0.4) is 0 Å². The van der Waals surface area contributed by atoms with Crippen molar-refractivity contribution in [3.63, 3.8) is 0 Å². The number of anilines is 1. The van der Waals surface area contributed by atoms with Gasteiger partial charge in [0.15, 0.2) is 0 Å². The normalized spacial score (nSPS) is 34.3. The molecule has 1 aromatic carbocycles. The number of thioether (sulfide) groups is 1. The molecule has 0 spiro atoms. The Kier molecular flexibility index (Phi) is 3.67. The first-order chi connectivity index (χ1) is 10.3. The van der Waals surface area contributed by atoms with Gasteiger partial charge in [0.1, 0.15) is 7.85 Å². The predicted octanol–water partition coefficient (Wildman–Crippen LogP) is 2.54. The molecule has 1 aliphatic carbocycles. The monoisotopic (exact) mass is 315 g/mol. The first-order valence-corrected chi connectivity index (χ1v) is 8.94. The van der Waals surface area contributed by atoms with Crippen LogP contribution in [0.5, 0.6) is 0 Å². The van der Waals surface area contributed by atoms with Crippen LogP contribution in [0.25, 0.3) is 0 Å². The molecule has 3 rings (SSSR count). The van der Waals surface area contributed by atoms with Gasteiger partial charge in [-0.25, -0.2) is 4.90 Å². The third-order valence-corrected chi connectivity index (χ3v) is 6.50. The summed E-state index contributed by atoms with van der Waals surface area (Å²) in [5, 5.41) is 0.119. The summed E-state index contributed by atoms with van der Waals surface area (Å²) in [6.45, 7) is 6.57. The van der Waals surface area contributed by atoms with Crippen LogP contribution in [0, 0.1) is 0 Å². The van der Waals surface area contributed by atoms with Gasteiger partial charge < -0.3 is 0 Å². The van der Waals surface area contributed by atoms with E-state index in [9.17, 15) is 9.59 Å². The zero-order chi connectivity index (χ0) is 16.1. The third kappa shape index (κ3) is 2.30. The Hall–Kier alpha value is -1.23. The van der Waals surface area contributed by atoms with Gasteiger partial charge in [-0.3, -0.25) is 9.59 Å². The minimum Gasteiger partial charge on any atom is -0.274 e. The maximum Gasteiger partial charge on any atom is 0.247 e. The molecule has 116 valence electrons. The molecule has 1 aliphatic heterocycles. The summed E-state index contributed by atoms with van der Waals surface area (Å²) in [5.41, 5.74) is 2.21. The minimum absolute atomic E-state index is 0.0671. The number of carbonyl (C=O) groups is 2. The van der Waals surface area contributed by atoms with E-state index < -0.39 is 0 Å². The average molecular weight is 315 g/mol. The molecule has 3 nitrogen and oxygen atoms in total. The van der Waals surface area contributed by atoms with Crippen LogP contribution in [0.4, 0.5) is 5.69 Å². The maximum atomic E-state index is 12.4. The van der Waals surface area contributed by atoms with E-state index in [-0.39, 0.29) is 22.5 Å². The van der Waals surface area contributed by atoms with Gasteiger partial charge in [0, 0.05) is 6.42 Å². The number of hydrogen-bond donors (Lipinski definition) is 0. The first-order valence-electron chi connectivity index (χ1n) is 7.89. The predicted molar refractivity (Wildman–Crippen MR) is 94.4 cm³/mol. The molecule has 5 heteroatoms. The SMILES string of the molecule is BC1(C)CC1(C)c1ccc(N2C(=O)CC(SCC)C2=O)cc1. The fraction of sp³-hybridized carbons (Fsp3) is 0.529. The number of imide groups is 1. The second-order valence-electron chi connectivity index (χ2n) is 7.16. The summed E-state index contributed by atoms with van der Waals surface area (Å²) in [7, 11) is 2.28. The van der Waals surface area contributed by atoms with Gasteiger partial charge in [0.2, 0.25) is 11.8 Å². The maximum absolute atomic E-state index is 12.4. The summed E-state index contributed by atoms with van der Waals surface area (Å²) < 4.78 is 0. The van der Waals surface area contributed by atoms with Crippen molar-refractivity contribution < 1.29 is 9.59 Å². The van der Waals surface area contributed by atoms with E-state index in [2.05, 4.69) is 33.8 Å². The molecule has 0 bridgehead atoms. The van der Waals surface area contributed by atoms with Gasteiger partial charge in [0.25, 0.3) is 0 Å². The van der Waals surface area contributed by atoms with Crippen LogP contribution in [-0.2, 0) is 15.0 Å². The third-order valence-electron chi connectivity index (χ3n) is 5.40. The van der Waals surface area contributed by atoms with E-state index in [0.29, 0.717) is 17.4 Å². The Balaban J connectivity index is 1.82. The first kappa shape index (κ1) is 15.7. The largest absolute Gasteiger partial charge is 0.274 e. The lowest BCUT2D eigenvalue weighted by Gasteiger charge is -2.19. The summed E-state index contributed by atoms with van der Waals surface area (Å²) in [6, 6.07) is 7.99. The second-order valence-corrected chi connectivity index (χ2v) is 8.63. The van der Waals surface area contributed by atoms with Gasteiger partial charge in [-0.05, 0) is 35.3 Å². The molecule has 0 aromatic heterocycles. The van der Waals surface area contributed by atoms with Crippen molar-refractivity contribution in [1.82, 2.24) is 0 Å². The Morgan fingerprint density at radius 1 is 1.27 bits per heavy atom. The zero-order valence-electron chi connectivity index (χ0n) is 13.7. The highest BCUT2D eigenvalue weighted by Gasteiger charge is 2.57. The highest BCUT2D eigenvalue weighted by Crippen LogP contribution is 2.68. The highest BCUT2D eigenvalue weighted by atomic mass is 32.2. The highest BCUT2D eigenvalue weighted by molar-refractivity contribution is 8.00. The van der Waals surface area contributed by atoms with Gasteiger partial charge >= 0.3 is 0 Å². The lowest BCUT2D eigenvalue weighted by Crippen LogP contribution is -2.31. The van der Waals surface area contributed by atoms with Crippen LogP contribution in [0.15, 0.2) is 24.3 Å². The van der Waals surface area contributed by atoms with E-state index in [0.717, 1.165) is 5.75 Å². The number of hydrogen-bond acceptors (Lipinski definition) is 3. The smallest absolute Gasteiger partial charge is 0.247 e. The molecule has 2 fully saturated rings. The summed E-state index contributed by atoms with van der Waals surface area (Å²) in [5.74, 6) is 0.702. The van der Waals surface area contributed by atoms with Crippen LogP contribution in [0.2, 0.25) is 5.31 Å². The molecule has 1 saturated carbocycles. The van der Waals surface area contributed by atoms with Gasteiger partial charge in [0.05, 0.1) is 10.9 Å². The summed E-state index contributed by atoms with van der Waals surface area (Å²) in [6.07, 6.45) is 1.50. The molecule has 1 saturated heterocycles. The van der Waals surface area contributed by atoms with Crippen LogP contribution < -0.4 is 4.90 Å². The molecule has 1 heterocycles. The van der Waals surface area contributed by atoms with Gasteiger partial charge in [-0.2, -0.15) is 0 Å². The zero-order valence-corrected chi connectivity index (χ0v) is 14.5. The van der Waals surface area contributed by atoms with Gasteiger partial charge in [-0.15, -0.1) is 11.8 Å². The Bertz CT molecular complexity index is 628. The number of benzene rings is 1. The van der Waals surface area contributed by atoms with Crippen molar-refractivity contribution in [2.45, 2.75) is 49.6 Å². The fourth-order valence-corrected chi connectivity index (χ4v) is 4.43. The van der Waals surface area contributed by atoms with Crippen molar-refractivity contribution in [2.75, 3.05) is 10.7 Å². The standard InChI is InChI=1S/C17H22BNO2S/c1-4-22-13-9-14(20)19(15(13)21)12-7-5-11(6-8-12)16(2)10-17(16,3)18/h5-8,13H,4,9-10,18H2,1-3H3. The Morgan fingerprint density at radius 2 is 1.86 bits per heavy atom. The summed E-state index contributed by atoms with van der Waals surface area (Å²) >= 11 is 1.55. The van der Waals surface area contributed by atoms with E-state index >= 15 is 0 Å². The molecule has 1 aromatic rings. The molecule has 3 atom stereocenters. The lowest BCUT2D eigenvalue weighted by molar-refractivity contribution is -0.121. The van der Waals surface area contributed by atoms with Crippen LogP contribution in [0.1, 0.15) is 39.2 Å². The van der Waals surface area contributed by atoms with E-state index in [4.69, 9.17) is 0 Å². The molecule has 0 radical (unpaired) electrons. The van der Waals surface area contributed by atoms with E-state index in [1.807, 2.05) is 19.1 Å². The van der Waals surface area contributed by atoms with Crippen molar-refractivity contribution in [3.05, 3.63) is 29.8 Å². The minimum atomic E-state index is -0.211.